The van der Waals surface area contributed by atoms with Crippen molar-refractivity contribution < 1.29 is 0 Å². The number of fused-ring (bicyclic) bond motifs is 1. The first kappa shape index (κ1) is 11.5. The third kappa shape index (κ3) is 1.85. The average molecular weight is 244 g/mol. The first-order valence-electron chi connectivity index (χ1n) is 6.77. The molecule has 4 nitrogen and oxygen atoms in total. The van der Waals surface area contributed by atoms with E-state index in [1.807, 2.05) is 17.6 Å². The van der Waals surface area contributed by atoms with Gasteiger partial charge >= 0.3 is 0 Å². The number of aromatic nitrogens is 3. The minimum Gasteiger partial charge on any atom is -0.368 e. The minimum atomic E-state index is 0.504. The molecule has 1 aliphatic rings. The molecule has 0 bridgehead atoms. The third-order valence-electron chi connectivity index (χ3n) is 4.31. The van der Waals surface area contributed by atoms with Crippen LogP contribution in [0.3, 0.4) is 0 Å². The van der Waals surface area contributed by atoms with Crippen LogP contribution in [0.2, 0.25) is 0 Å². The minimum absolute atomic E-state index is 0.504. The Kier molecular flexibility index (Phi) is 2.73. The largest absolute Gasteiger partial charge is 0.368 e. The standard InChI is InChI=1S/C14H20N4/c1-3-14(5-4-6-14)10-16-13-12-9-11(2)17-18(12)8-7-15-13/h7-9H,3-6,10H2,1-2H3,(H,15,16). The van der Waals surface area contributed by atoms with Gasteiger partial charge in [-0.25, -0.2) is 9.50 Å². The van der Waals surface area contributed by atoms with E-state index in [2.05, 4.69) is 28.4 Å². The summed E-state index contributed by atoms with van der Waals surface area (Å²) in [6, 6.07) is 2.08. The summed E-state index contributed by atoms with van der Waals surface area (Å²) >= 11 is 0. The average Bonchev–Trinajstić information content (AvgIpc) is 2.69. The second kappa shape index (κ2) is 4.26. The molecule has 3 rings (SSSR count). The molecule has 1 aliphatic carbocycles. The van der Waals surface area contributed by atoms with Crippen LogP contribution in [0.15, 0.2) is 18.5 Å². The van der Waals surface area contributed by atoms with Gasteiger partial charge in [0.1, 0.15) is 5.52 Å². The monoisotopic (exact) mass is 244 g/mol. The van der Waals surface area contributed by atoms with E-state index >= 15 is 0 Å². The van der Waals surface area contributed by atoms with Crippen molar-refractivity contribution in [1.82, 2.24) is 14.6 Å². The molecule has 2 aromatic heterocycles. The molecule has 1 fully saturated rings. The maximum absolute atomic E-state index is 4.44. The Morgan fingerprint density at radius 3 is 2.94 bits per heavy atom. The van der Waals surface area contributed by atoms with Crippen molar-refractivity contribution in [2.24, 2.45) is 5.41 Å². The van der Waals surface area contributed by atoms with Crippen molar-refractivity contribution in [3.8, 4) is 0 Å². The number of nitrogens with zero attached hydrogens (tertiary/aromatic N) is 3. The normalized spacial score (nSPS) is 17.7. The molecule has 4 heteroatoms. The molecule has 18 heavy (non-hydrogen) atoms. The van der Waals surface area contributed by atoms with Gasteiger partial charge in [0.25, 0.3) is 0 Å². The van der Waals surface area contributed by atoms with Crippen LogP contribution in [-0.2, 0) is 0 Å². The second-order valence-corrected chi connectivity index (χ2v) is 5.45. The van der Waals surface area contributed by atoms with Gasteiger partial charge in [-0.3, -0.25) is 0 Å². The molecule has 2 heterocycles. The van der Waals surface area contributed by atoms with Crippen LogP contribution in [0.1, 0.15) is 38.3 Å². The predicted molar refractivity (Wildman–Crippen MR) is 72.8 cm³/mol. The van der Waals surface area contributed by atoms with Crippen molar-refractivity contribution in [2.75, 3.05) is 11.9 Å². The van der Waals surface area contributed by atoms with Crippen molar-refractivity contribution in [3.63, 3.8) is 0 Å². The number of rotatable bonds is 4. The number of aryl methyl sites for hydroxylation is 1. The van der Waals surface area contributed by atoms with E-state index in [-0.39, 0.29) is 0 Å². The molecular formula is C14H20N4. The molecule has 0 aliphatic heterocycles. The van der Waals surface area contributed by atoms with Gasteiger partial charge in [-0.05, 0) is 37.7 Å². The van der Waals surface area contributed by atoms with E-state index in [1.165, 1.54) is 25.7 Å². The zero-order chi connectivity index (χ0) is 12.6. The highest BCUT2D eigenvalue weighted by Gasteiger charge is 2.34. The molecule has 1 N–H and O–H groups in total. The van der Waals surface area contributed by atoms with E-state index in [0.717, 1.165) is 23.6 Å². The van der Waals surface area contributed by atoms with E-state index in [0.29, 0.717) is 5.41 Å². The second-order valence-electron chi connectivity index (χ2n) is 5.45. The smallest absolute Gasteiger partial charge is 0.152 e. The molecule has 0 amide bonds. The Bertz CT molecular complexity index is 548. The van der Waals surface area contributed by atoms with Gasteiger partial charge in [0.05, 0.1) is 5.69 Å². The maximum atomic E-state index is 4.44. The summed E-state index contributed by atoms with van der Waals surface area (Å²) in [5, 5.41) is 7.93. The Hall–Kier alpha value is -1.58. The number of anilines is 1. The van der Waals surface area contributed by atoms with Gasteiger partial charge in [-0.1, -0.05) is 13.3 Å². The van der Waals surface area contributed by atoms with Gasteiger partial charge in [0.15, 0.2) is 5.82 Å². The van der Waals surface area contributed by atoms with Crippen LogP contribution in [0.25, 0.3) is 5.52 Å². The molecule has 96 valence electrons. The topological polar surface area (TPSA) is 42.2 Å². The van der Waals surface area contributed by atoms with Gasteiger partial charge in [0, 0.05) is 18.9 Å². The van der Waals surface area contributed by atoms with Gasteiger partial charge in [-0.15, -0.1) is 0 Å². The molecule has 0 spiro atoms. The Balaban J connectivity index is 1.82. The summed E-state index contributed by atoms with van der Waals surface area (Å²) in [5.74, 6) is 0.956. The van der Waals surface area contributed by atoms with Crippen LogP contribution in [0, 0.1) is 12.3 Å². The van der Waals surface area contributed by atoms with Crippen LogP contribution in [-0.4, -0.2) is 21.1 Å². The zero-order valence-electron chi connectivity index (χ0n) is 11.1. The van der Waals surface area contributed by atoms with E-state index in [4.69, 9.17) is 0 Å². The molecule has 2 aromatic rings. The highest BCUT2D eigenvalue weighted by atomic mass is 15.2. The molecule has 0 atom stereocenters. The fraction of sp³-hybridized carbons (Fsp3) is 0.571. The van der Waals surface area contributed by atoms with Crippen LogP contribution in [0.4, 0.5) is 5.82 Å². The van der Waals surface area contributed by atoms with Crippen molar-refractivity contribution in [1.29, 1.82) is 0 Å². The van der Waals surface area contributed by atoms with Gasteiger partial charge < -0.3 is 5.32 Å². The predicted octanol–water partition coefficient (Wildman–Crippen LogP) is 3.03. The number of nitrogens with one attached hydrogen (secondary N) is 1. The summed E-state index contributed by atoms with van der Waals surface area (Å²) in [4.78, 5) is 4.44. The van der Waals surface area contributed by atoms with Crippen molar-refractivity contribution >= 4 is 11.3 Å². The molecule has 1 saturated carbocycles. The lowest BCUT2D eigenvalue weighted by molar-refractivity contribution is 0.145. The lowest BCUT2D eigenvalue weighted by Gasteiger charge is -2.41. The molecular weight excluding hydrogens is 224 g/mol. The lowest BCUT2D eigenvalue weighted by Crippen LogP contribution is -2.36. The Morgan fingerprint density at radius 2 is 2.28 bits per heavy atom. The Labute approximate surface area is 107 Å². The summed E-state index contributed by atoms with van der Waals surface area (Å²) in [7, 11) is 0. The quantitative estimate of drug-likeness (QED) is 0.899. The fourth-order valence-corrected chi connectivity index (χ4v) is 2.78. The van der Waals surface area contributed by atoms with E-state index < -0.39 is 0 Å². The highest BCUT2D eigenvalue weighted by molar-refractivity contribution is 5.67. The molecule has 0 saturated heterocycles. The fourth-order valence-electron chi connectivity index (χ4n) is 2.78. The highest BCUT2D eigenvalue weighted by Crippen LogP contribution is 2.43. The van der Waals surface area contributed by atoms with Gasteiger partial charge in [0.2, 0.25) is 0 Å². The first-order chi connectivity index (χ1) is 8.72. The molecule has 0 radical (unpaired) electrons. The summed E-state index contributed by atoms with van der Waals surface area (Å²) in [6.45, 7) is 5.33. The van der Waals surface area contributed by atoms with Crippen molar-refractivity contribution in [3.05, 3.63) is 24.2 Å². The Morgan fingerprint density at radius 1 is 1.44 bits per heavy atom. The zero-order valence-corrected chi connectivity index (χ0v) is 11.1. The maximum Gasteiger partial charge on any atom is 0.152 e. The third-order valence-corrected chi connectivity index (χ3v) is 4.31. The molecule has 0 aromatic carbocycles. The lowest BCUT2D eigenvalue weighted by atomic mass is 9.67. The SMILES string of the molecule is CCC1(CNc2nccn3nc(C)cc23)CCC1. The number of hydrogen-bond donors (Lipinski definition) is 1. The van der Waals surface area contributed by atoms with Crippen molar-refractivity contribution in [2.45, 2.75) is 39.5 Å². The summed E-state index contributed by atoms with van der Waals surface area (Å²) in [6.07, 6.45) is 9.02. The first-order valence-corrected chi connectivity index (χ1v) is 6.77. The summed E-state index contributed by atoms with van der Waals surface area (Å²) in [5.41, 5.74) is 2.60. The van der Waals surface area contributed by atoms with E-state index in [1.54, 1.807) is 6.20 Å². The molecule has 0 unspecified atom stereocenters. The summed E-state index contributed by atoms with van der Waals surface area (Å²) < 4.78 is 1.89. The number of hydrogen-bond acceptors (Lipinski definition) is 3. The van der Waals surface area contributed by atoms with Gasteiger partial charge in [-0.2, -0.15) is 5.10 Å². The van der Waals surface area contributed by atoms with Crippen LogP contribution < -0.4 is 5.32 Å². The van der Waals surface area contributed by atoms with Crippen LogP contribution in [0.5, 0.6) is 0 Å². The van der Waals surface area contributed by atoms with Crippen LogP contribution >= 0.6 is 0 Å². The van der Waals surface area contributed by atoms with E-state index in [9.17, 15) is 0 Å².